The molecule has 0 aromatic rings. The molecule has 2 fully saturated rings. The van der Waals surface area contributed by atoms with Crippen LogP contribution in [0, 0.1) is 0 Å². The SMILES string of the molecule is CCCNC(=O)CN1CCC(NC(=O)C2(N)CCCCC2)CC1. The molecule has 2 aliphatic rings. The molecule has 0 aromatic carbocycles. The fraction of sp³-hybridized carbons (Fsp3) is 0.882. The number of carbonyl (C=O) groups excluding carboxylic acids is 2. The lowest BCUT2D eigenvalue weighted by atomic mass is 9.81. The van der Waals surface area contributed by atoms with Crippen molar-refractivity contribution >= 4 is 11.8 Å². The first-order valence-corrected chi connectivity index (χ1v) is 9.12. The van der Waals surface area contributed by atoms with E-state index in [4.69, 9.17) is 5.73 Å². The van der Waals surface area contributed by atoms with E-state index in [1.807, 2.05) is 6.92 Å². The van der Waals surface area contributed by atoms with Gasteiger partial charge < -0.3 is 16.4 Å². The third-order valence-corrected chi connectivity index (χ3v) is 5.06. The number of hydrogen-bond acceptors (Lipinski definition) is 4. The summed E-state index contributed by atoms with van der Waals surface area (Å²) in [5.41, 5.74) is 5.63. The fourth-order valence-corrected chi connectivity index (χ4v) is 3.50. The van der Waals surface area contributed by atoms with Crippen molar-refractivity contribution in [3.8, 4) is 0 Å². The van der Waals surface area contributed by atoms with Crippen LogP contribution in [-0.2, 0) is 9.59 Å². The molecule has 6 nitrogen and oxygen atoms in total. The number of rotatable bonds is 6. The second-order valence-electron chi connectivity index (χ2n) is 7.09. The van der Waals surface area contributed by atoms with Crippen molar-refractivity contribution in [3.05, 3.63) is 0 Å². The standard InChI is InChI=1S/C17H32N4O2/c1-2-10-19-15(22)13-21-11-6-14(7-12-21)20-16(23)17(18)8-4-3-5-9-17/h14H,2-13,18H2,1H3,(H,19,22)(H,20,23). The largest absolute Gasteiger partial charge is 0.355 e. The molecule has 4 N–H and O–H groups in total. The highest BCUT2D eigenvalue weighted by Gasteiger charge is 2.36. The van der Waals surface area contributed by atoms with E-state index in [9.17, 15) is 9.59 Å². The van der Waals surface area contributed by atoms with E-state index in [1.54, 1.807) is 0 Å². The van der Waals surface area contributed by atoms with Crippen molar-refractivity contribution in [2.24, 2.45) is 5.73 Å². The predicted molar refractivity (Wildman–Crippen MR) is 90.9 cm³/mol. The molecule has 1 saturated carbocycles. The summed E-state index contributed by atoms with van der Waals surface area (Å²) in [6, 6.07) is 0.194. The summed E-state index contributed by atoms with van der Waals surface area (Å²) in [4.78, 5) is 26.4. The Morgan fingerprint density at radius 3 is 2.43 bits per heavy atom. The molecule has 2 rings (SSSR count). The average molecular weight is 324 g/mol. The molecule has 23 heavy (non-hydrogen) atoms. The van der Waals surface area contributed by atoms with Crippen molar-refractivity contribution in [2.45, 2.75) is 69.9 Å². The van der Waals surface area contributed by atoms with Gasteiger partial charge in [-0.25, -0.2) is 0 Å². The Labute approximate surface area is 139 Å². The average Bonchev–Trinajstić information content (AvgIpc) is 2.55. The maximum atomic E-state index is 12.5. The van der Waals surface area contributed by atoms with Gasteiger partial charge in [0.2, 0.25) is 11.8 Å². The van der Waals surface area contributed by atoms with Crippen LogP contribution in [0.4, 0.5) is 0 Å². The van der Waals surface area contributed by atoms with Gasteiger partial charge in [-0.2, -0.15) is 0 Å². The molecular weight excluding hydrogens is 292 g/mol. The van der Waals surface area contributed by atoms with Gasteiger partial charge in [-0.1, -0.05) is 26.2 Å². The number of nitrogens with two attached hydrogens (primary N) is 1. The van der Waals surface area contributed by atoms with Gasteiger partial charge in [-0.05, 0) is 32.1 Å². The highest BCUT2D eigenvalue weighted by Crippen LogP contribution is 2.26. The molecular formula is C17H32N4O2. The second-order valence-corrected chi connectivity index (χ2v) is 7.09. The van der Waals surface area contributed by atoms with E-state index in [1.165, 1.54) is 6.42 Å². The maximum absolute atomic E-state index is 12.5. The number of piperidine rings is 1. The molecule has 0 spiro atoms. The second kappa shape index (κ2) is 8.64. The zero-order valence-electron chi connectivity index (χ0n) is 14.4. The monoisotopic (exact) mass is 324 g/mol. The van der Waals surface area contributed by atoms with Gasteiger partial charge in [0.25, 0.3) is 0 Å². The maximum Gasteiger partial charge on any atom is 0.240 e. The van der Waals surface area contributed by atoms with E-state index >= 15 is 0 Å². The Morgan fingerprint density at radius 2 is 1.83 bits per heavy atom. The van der Waals surface area contributed by atoms with Gasteiger partial charge in [-0.15, -0.1) is 0 Å². The van der Waals surface area contributed by atoms with Crippen LogP contribution in [0.2, 0.25) is 0 Å². The highest BCUT2D eigenvalue weighted by atomic mass is 16.2. The van der Waals surface area contributed by atoms with Gasteiger partial charge >= 0.3 is 0 Å². The molecule has 0 atom stereocenters. The smallest absolute Gasteiger partial charge is 0.240 e. The Balaban J connectivity index is 1.70. The number of likely N-dealkylation sites (tertiary alicyclic amines) is 1. The normalized spacial score (nSPS) is 22.5. The molecule has 0 aromatic heterocycles. The van der Waals surface area contributed by atoms with Crippen LogP contribution >= 0.6 is 0 Å². The van der Waals surface area contributed by atoms with E-state index < -0.39 is 5.54 Å². The zero-order chi connectivity index (χ0) is 16.7. The number of hydrogen-bond donors (Lipinski definition) is 3. The minimum Gasteiger partial charge on any atom is -0.355 e. The molecule has 132 valence electrons. The number of nitrogens with zero attached hydrogens (tertiary/aromatic N) is 1. The fourth-order valence-electron chi connectivity index (χ4n) is 3.50. The molecule has 2 amide bonds. The zero-order valence-corrected chi connectivity index (χ0v) is 14.4. The summed E-state index contributed by atoms with van der Waals surface area (Å²) in [6.45, 7) is 4.94. The Kier molecular flexibility index (Phi) is 6.84. The van der Waals surface area contributed by atoms with Gasteiger partial charge in [-0.3, -0.25) is 14.5 Å². The van der Waals surface area contributed by atoms with Crippen molar-refractivity contribution in [1.29, 1.82) is 0 Å². The molecule has 0 unspecified atom stereocenters. The van der Waals surface area contributed by atoms with Crippen LogP contribution in [-0.4, -0.2) is 54.5 Å². The van der Waals surface area contributed by atoms with E-state index in [2.05, 4.69) is 15.5 Å². The van der Waals surface area contributed by atoms with E-state index in [0.717, 1.165) is 64.6 Å². The highest BCUT2D eigenvalue weighted by molar-refractivity contribution is 5.86. The number of carbonyl (C=O) groups is 2. The lowest BCUT2D eigenvalue weighted by Gasteiger charge is -2.36. The number of nitrogens with one attached hydrogen (secondary N) is 2. The van der Waals surface area contributed by atoms with Crippen LogP contribution < -0.4 is 16.4 Å². The third-order valence-electron chi connectivity index (χ3n) is 5.06. The molecule has 1 heterocycles. The van der Waals surface area contributed by atoms with Crippen LogP contribution in [0.3, 0.4) is 0 Å². The van der Waals surface area contributed by atoms with Crippen molar-refractivity contribution in [2.75, 3.05) is 26.2 Å². The van der Waals surface area contributed by atoms with Crippen molar-refractivity contribution in [1.82, 2.24) is 15.5 Å². The van der Waals surface area contributed by atoms with Crippen LogP contribution in [0.1, 0.15) is 58.3 Å². The molecule has 6 heteroatoms. The van der Waals surface area contributed by atoms with E-state index in [0.29, 0.717) is 6.54 Å². The summed E-state index contributed by atoms with van der Waals surface area (Å²) in [6.07, 6.45) is 7.63. The summed E-state index contributed by atoms with van der Waals surface area (Å²) in [7, 11) is 0. The first-order valence-electron chi connectivity index (χ1n) is 9.12. The Morgan fingerprint density at radius 1 is 1.17 bits per heavy atom. The van der Waals surface area contributed by atoms with Gasteiger partial charge in [0.05, 0.1) is 12.1 Å². The summed E-state index contributed by atoms with van der Waals surface area (Å²) in [5.74, 6) is 0.119. The minimum absolute atomic E-state index is 0.0244. The van der Waals surface area contributed by atoms with Crippen molar-refractivity contribution in [3.63, 3.8) is 0 Å². The lowest BCUT2D eigenvalue weighted by Crippen LogP contribution is -2.58. The Hall–Kier alpha value is -1.14. The molecule has 0 radical (unpaired) electrons. The Bertz CT molecular complexity index is 399. The van der Waals surface area contributed by atoms with Crippen LogP contribution in [0.25, 0.3) is 0 Å². The lowest BCUT2D eigenvalue weighted by molar-refractivity contribution is -0.129. The first kappa shape index (κ1) is 18.2. The minimum atomic E-state index is -0.657. The third kappa shape index (κ3) is 5.46. The van der Waals surface area contributed by atoms with Gasteiger partial charge in [0, 0.05) is 25.7 Å². The molecule has 1 aliphatic heterocycles. The summed E-state index contributed by atoms with van der Waals surface area (Å²) >= 11 is 0. The van der Waals surface area contributed by atoms with Crippen LogP contribution in [0.5, 0.6) is 0 Å². The predicted octanol–water partition coefficient (Wildman–Crippen LogP) is 0.755. The van der Waals surface area contributed by atoms with Crippen molar-refractivity contribution < 1.29 is 9.59 Å². The molecule has 0 bridgehead atoms. The summed E-state index contributed by atoms with van der Waals surface area (Å²) < 4.78 is 0. The summed E-state index contributed by atoms with van der Waals surface area (Å²) in [5, 5.41) is 6.05. The van der Waals surface area contributed by atoms with Gasteiger partial charge in [0.1, 0.15) is 0 Å². The molecule has 1 aliphatic carbocycles. The van der Waals surface area contributed by atoms with Gasteiger partial charge in [0.15, 0.2) is 0 Å². The quantitative estimate of drug-likeness (QED) is 0.673. The topological polar surface area (TPSA) is 87.5 Å². The molecule has 1 saturated heterocycles. The van der Waals surface area contributed by atoms with Crippen LogP contribution in [0.15, 0.2) is 0 Å². The number of amides is 2. The van der Waals surface area contributed by atoms with E-state index in [-0.39, 0.29) is 17.9 Å². The first-order chi connectivity index (χ1) is 11.0.